The number of aromatic amines is 1. The van der Waals surface area contributed by atoms with E-state index >= 15 is 0 Å². The molecule has 0 radical (unpaired) electrons. The summed E-state index contributed by atoms with van der Waals surface area (Å²) in [4.78, 5) is 7.18. The van der Waals surface area contributed by atoms with E-state index in [1.165, 1.54) is 12.0 Å². The zero-order chi connectivity index (χ0) is 10.2. The van der Waals surface area contributed by atoms with Crippen LogP contribution < -0.4 is 5.32 Å². The summed E-state index contributed by atoms with van der Waals surface area (Å²) in [5.41, 5.74) is 1.21. The Morgan fingerprint density at radius 1 is 1.71 bits per heavy atom. The van der Waals surface area contributed by atoms with Gasteiger partial charge in [-0.3, -0.25) is 0 Å². The van der Waals surface area contributed by atoms with Crippen LogP contribution >= 0.6 is 11.8 Å². The van der Waals surface area contributed by atoms with Gasteiger partial charge in [-0.25, -0.2) is 4.98 Å². The normalized spacial score (nSPS) is 10.4. The van der Waals surface area contributed by atoms with E-state index < -0.39 is 0 Å². The summed E-state index contributed by atoms with van der Waals surface area (Å²) < 4.78 is 0. The molecule has 0 aliphatic heterocycles. The molecule has 0 saturated heterocycles. The van der Waals surface area contributed by atoms with Gasteiger partial charge >= 0.3 is 0 Å². The van der Waals surface area contributed by atoms with Crippen LogP contribution in [0.25, 0.3) is 0 Å². The maximum absolute atomic E-state index is 4.13. The number of nitrogens with one attached hydrogen (secondary N) is 2. The smallest absolute Gasteiger partial charge is 0.165 e. The van der Waals surface area contributed by atoms with Gasteiger partial charge in [0.15, 0.2) is 5.16 Å². The minimum atomic E-state index is 0.904. The van der Waals surface area contributed by atoms with Crippen LogP contribution in [-0.2, 0) is 0 Å². The maximum atomic E-state index is 4.13. The number of rotatable bonds is 7. The molecule has 1 aromatic rings. The van der Waals surface area contributed by atoms with Gasteiger partial charge in [-0.2, -0.15) is 0 Å². The topological polar surface area (TPSA) is 40.7 Å². The lowest BCUT2D eigenvalue weighted by Crippen LogP contribution is -2.18. The highest BCUT2D eigenvalue weighted by molar-refractivity contribution is 7.99. The number of aromatic nitrogens is 2. The first-order valence-corrected chi connectivity index (χ1v) is 5.81. The molecule has 0 amide bonds. The maximum Gasteiger partial charge on any atom is 0.165 e. The Balaban J connectivity index is 2.09. The lowest BCUT2D eigenvalue weighted by molar-refractivity contribution is 0.716. The summed E-state index contributed by atoms with van der Waals surface area (Å²) in [6.07, 6.45) is 4.76. The molecule has 1 rings (SSSR count). The molecule has 0 unspecified atom stereocenters. The molecule has 4 heteroatoms. The third kappa shape index (κ3) is 4.48. The average molecular weight is 211 g/mol. The van der Waals surface area contributed by atoms with Crippen molar-refractivity contribution >= 4 is 11.8 Å². The van der Waals surface area contributed by atoms with E-state index in [9.17, 15) is 0 Å². The summed E-state index contributed by atoms with van der Waals surface area (Å²) in [7, 11) is 0. The van der Waals surface area contributed by atoms with Crippen molar-refractivity contribution in [1.82, 2.24) is 15.3 Å². The molecule has 0 saturated carbocycles. The van der Waals surface area contributed by atoms with Gasteiger partial charge in [0, 0.05) is 24.7 Å². The molecule has 1 aromatic heterocycles. The Hall–Kier alpha value is -0.740. The molecule has 0 atom stereocenters. The molecule has 0 fully saturated rings. The Kier molecular flexibility index (Phi) is 5.40. The molecule has 0 aromatic carbocycles. The van der Waals surface area contributed by atoms with Crippen LogP contribution in [-0.4, -0.2) is 28.8 Å². The monoisotopic (exact) mass is 211 g/mol. The highest BCUT2D eigenvalue weighted by Crippen LogP contribution is 2.14. The molecule has 14 heavy (non-hydrogen) atoms. The van der Waals surface area contributed by atoms with Gasteiger partial charge in [-0.15, -0.1) is 0 Å². The number of hydrogen-bond donors (Lipinski definition) is 2. The van der Waals surface area contributed by atoms with E-state index in [0.29, 0.717) is 0 Å². The van der Waals surface area contributed by atoms with Crippen molar-refractivity contribution < 1.29 is 0 Å². The Bertz CT molecular complexity index is 256. The van der Waals surface area contributed by atoms with Gasteiger partial charge in [0.1, 0.15) is 0 Å². The number of imidazole rings is 1. The molecule has 3 nitrogen and oxygen atoms in total. The second-order valence-electron chi connectivity index (χ2n) is 3.11. The molecular weight excluding hydrogens is 194 g/mol. The number of thioether (sulfide) groups is 1. The average Bonchev–Trinajstić information content (AvgIpc) is 2.68. The van der Waals surface area contributed by atoms with Crippen LogP contribution in [0.1, 0.15) is 13.3 Å². The minimum absolute atomic E-state index is 0.904. The van der Waals surface area contributed by atoms with Crippen molar-refractivity contribution in [2.45, 2.75) is 18.5 Å². The van der Waals surface area contributed by atoms with E-state index in [1.807, 2.05) is 6.20 Å². The van der Waals surface area contributed by atoms with Crippen LogP contribution in [0.15, 0.2) is 29.7 Å². The molecule has 0 spiro atoms. The lowest BCUT2D eigenvalue weighted by Gasteiger charge is -2.05. The predicted molar refractivity (Wildman–Crippen MR) is 61.6 cm³/mol. The van der Waals surface area contributed by atoms with Crippen LogP contribution in [0.2, 0.25) is 0 Å². The van der Waals surface area contributed by atoms with Crippen LogP contribution in [0.4, 0.5) is 0 Å². The summed E-state index contributed by atoms with van der Waals surface area (Å²) in [6, 6.07) is 0. The van der Waals surface area contributed by atoms with Gasteiger partial charge < -0.3 is 10.3 Å². The molecule has 78 valence electrons. The van der Waals surface area contributed by atoms with Crippen LogP contribution in [0.5, 0.6) is 0 Å². The van der Waals surface area contributed by atoms with Gasteiger partial charge in [0.2, 0.25) is 0 Å². The van der Waals surface area contributed by atoms with E-state index in [0.717, 1.165) is 24.0 Å². The molecule has 0 bridgehead atoms. The third-order valence-corrected chi connectivity index (χ3v) is 2.74. The van der Waals surface area contributed by atoms with E-state index in [4.69, 9.17) is 0 Å². The molecular formula is C10H17N3S. The summed E-state index contributed by atoms with van der Waals surface area (Å²) in [5.74, 6) is 0.921. The largest absolute Gasteiger partial charge is 0.340 e. The summed E-state index contributed by atoms with van der Waals surface area (Å²) in [6.45, 7) is 8.13. The van der Waals surface area contributed by atoms with Gasteiger partial charge in [-0.05, 0) is 13.0 Å². The second-order valence-corrected chi connectivity index (χ2v) is 4.07. The predicted octanol–water partition coefficient (Wildman–Crippen LogP) is 2.06. The third-order valence-electron chi connectivity index (χ3n) is 1.69. The Labute approximate surface area is 89.4 Å². The fraction of sp³-hybridized carbons (Fsp3) is 0.500. The van der Waals surface area contributed by atoms with Gasteiger partial charge in [0.25, 0.3) is 0 Å². The lowest BCUT2D eigenvalue weighted by atomic mass is 10.3. The summed E-state index contributed by atoms with van der Waals surface area (Å²) >= 11 is 1.69. The Morgan fingerprint density at radius 2 is 2.57 bits per heavy atom. The van der Waals surface area contributed by atoms with Crippen molar-refractivity contribution in [1.29, 1.82) is 0 Å². The first kappa shape index (κ1) is 11.3. The molecule has 1 heterocycles. The van der Waals surface area contributed by atoms with E-state index in [1.54, 1.807) is 18.0 Å². The minimum Gasteiger partial charge on any atom is -0.340 e. The van der Waals surface area contributed by atoms with Crippen molar-refractivity contribution in [3.63, 3.8) is 0 Å². The first-order valence-electron chi connectivity index (χ1n) is 4.82. The van der Waals surface area contributed by atoms with Crippen molar-refractivity contribution in [3.8, 4) is 0 Å². The van der Waals surface area contributed by atoms with E-state index in [-0.39, 0.29) is 0 Å². The summed E-state index contributed by atoms with van der Waals surface area (Å²) in [5, 5.41) is 4.28. The fourth-order valence-corrected chi connectivity index (χ4v) is 1.72. The van der Waals surface area contributed by atoms with E-state index in [2.05, 4.69) is 28.8 Å². The van der Waals surface area contributed by atoms with Crippen molar-refractivity contribution in [2.24, 2.45) is 0 Å². The van der Waals surface area contributed by atoms with Crippen LogP contribution in [0.3, 0.4) is 0 Å². The highest BCUT2D eigenvalue weighted by Gasteiger charge is 1.98. The molecule has 0 aliphatic carbocycles. The number of H-pyrrole nitrogens is 1. The van der Waals surface area contributed by atoms with Gasteiger partial charge in [-0.1, -0.05) is 30.8 Å². The van der Waals surface area contributed by atoms with Gasteiger partial charge in [0.05, 0.1) is 0 Å². The standard InChI is InChI=1S/C10H17N3S/c1-3-4-11-7-9(2)8-14-10-12-5-6-13-10/h5-6,11H,2-4,7-8H2,1H3,(H,12,13). The zero-order valence-electron chi connectivity index (χ0n) is 8.55. The number of nitrogens with zero attached hydrogens (tertiary/aromatic N) is 1. The number of hydrogen-bond acceptors (Lipinski definition) is 3. The SMILES string of the molecule is C=C(CNCCC)CSc1ncc[nH]1. The fourth-order valence-electron chi connectivity index (χ4n) is 0.993. The van der Waals surface area contributed by atoms with Crippen molar-refractivity contribution in [2.75, 3.05) is 18.8 Å². The molecule has 0 aliphatic rings. The second kappa shape index (κ2) is 6.68. The highest BCUT2D eigenvalue weighted by atomic mass is 32.2. The quantitative estimate of drug-likeness (QED) is 0.412. The Morgan fingerprint density at radius 3 is 3.21 bits per heavy atom. The molecule has 2 N–H and O–H groups in total. The first-order chi connectivity index (χ1) is 6.83. The zero-order valence-corrected chi connectivity index (χ0v) is 9.36. The van der Waals surface area contributed by atoms with Crippen LogP contribution in [0, 0.1) is 0 Å². The van der Waals surface area contributed by atoms with Crippen molar-refractivity contribution in [3.05, 3.63) is 24.5 Å².